The Kier molecular flexibility index (Phi) is 6.81. The lowest BCUT2D eigenvalue weighted by molar-refractivity contribution is -0.141. The zero-order valence-corrected chi connectivity index (χ0v) is 17.5. The van der Waals surface area contributed by atoms with Gasteiger partial charge in [-0.15, -0.1) is 11.8 Å². The van der Waals surface area contributed by atoms with Crippen molar-refractivity contribution < 1.29 is 14.3 Å². The highest BCUT2D eigenvalue weighted by atomic mass is 35.5. The molecular weight excluding hydrogens is 422 g/mol. The number of carbonyl (C=O) groups is 2. The van der Waals surface area contributed by atoms with Gasteiger partial charge < -0.3 is 4.74 Å². The molecule has 8 heteroatoms. The molecule has 140 valence electrons. The molecule has 0 radical (unpaired) electrons. The van der Waals surface area contributed by atoms with Gasteiger partial charge in [0.2, 0.25) is 5.91 Å². The zero-order valence-electron chi connectivity index (χ0n) is 14.3. The quantitative estimate of drug-likeness (QED) is 0.379. The first-order chi connectivity index (χ1) is 13.0. The minimum atomic E-state index is -0.701. The molecule has 1 saturated heterocycles. The minimum Gasteiger partial charge on any atom is -0.468 e. The summed E-state index contributed by atoms with van der Waals surface area (Å²) >= 11 is 13.8. The number of hydrogen-bond acceptors (Lipinski definition) is 6. The van der Waals surface area contributed by atoms with E-state index < -0.39 is 16.5 Å². The van der Waals surface area contributed by atoms with Crippen LogP contribution < -0.4 is 0 Å². The number of amides is 1. The summed E-state index contributed by atoms with van der Waals surface area (Å²) in [6.45, 7) is 0.390. The molecule has 1 fully saturated rings. The second kappa shape index (κ2) is 9.10. The summed E-state index contributed by atoms with van der Waals surface area (Å²) in [7, 11) is 1.32. The van der Waals surface area contributed by atoms with Gasteiger partial charge in [-0.25, -0.2) is 0 Å². The fourth-order valence-corrected chi connectivity index (χ4v) is 5.48. The average molecular weight is 438 g/mol. The molecule has 4 nitrogen and oxygen atoms in total. The highest BCUT2D eigenvalue weighted by molar-refractivity contribution is 8.24. The van der Waals surface area contributed by atoms with E-state index in [-0.39, 0.29) is 5.91 Å². The van der Waals surface area contributed by atoms with Crippen molar-refractivity contribution in [2.75, 3.05) is 7.11 Å². The molecule has 0 spiro atoms. The van der Waals surface area contributed by atoms with Gasteiger partial charge in [-0.1, -0.05) is 65.9 Å². The van der Waals surface area contributed by atoms with Crippen molar-refractivity contribution in [1.29, 1.82) is 0 Å². The summed E-state index contributed by atoms with van der Waals surface area (Å²) in [5, 5.41) is -0.725. The van der Waals surface area contributed by atoms with Crippen LogP contribution in [0.4, 0.5) is 0 Å². The fraction of sp³-hybridized carbons (Fsp3) is 0.211. The number of rotatable bonds is 6. The summed E-state index contributed by atoms with van der Waals surface area (Å²) in [4.78, 5) is 27.8. The van der Waals surface area contributed by atoms with E-state index in [1.54, 1.807) is 17.0 Å². The Bertz CT molecular complexity index is 845. The highest BCUT2D eigenvalue weighted by Crippen LogP contribution is 2.38. The van der Waals surface area contributed by atoms with Crippen LogP contribution in [0.3, 0.4) is 0 Å². The normalized spacial score (nSPS) is 17.9. The molecule has 27 heavy (non-hydrogen) atoms. The van der Waals surface area contributed by atoms with Crippen LogP contribution >= 0.6 is 47.3 Å². The number of ether oxygens (including phenoxy) is 1. The Morgan fingerprint density at radius 2 is 1.93 bits per heavy atom. The third-order valence-corrected chi connectivity index (χ3v) is 7.27. The lowest BCUT2D eigenvalue weighted by atomic mass is 10.2. The molecule has 0 bridgehead atoms. The van der Waals surface area contributed by atoms with Gasteiger partial charge >= 0.3 is 5.97 Å². The molecule has 1 heterocycles. The SMILES string of the molecule is COC(=O)[C@@H](Sc1ccc(Cl)cc1)[C@@H]1SC(=S)N(Cc2ccccc2)C1=O. The van der Waals surface area contributed by atoms with Gasteiger partial charge in [0.15, 0.2) is 0 Å². The maximum absolute atomic E-state index is 13.0. The predicted octanol–water partition coefficient (Wildman–Crippen LogP) is 4.40. The van der Waals surface area contributed by atoms with Crippen molar-refractivity contribution in [3.05, 3.63) is 65.2 Å². The lowest BCUT2D eigenvalue weighted by Gasteiger charge is -2.20. The smallest absolute Gasteiger partial charge is 0.320 e. The monoisotopic (exact) mass is 437 g/mol. The van der Waals surface area contributed by atoms with Crippen LogP contribution in [0, 0.1) is 0 Å². The van der Waals surface area contributed by atoms with E-state index in [4.69, 9.17) is 28.6 Å². The summed E-state index contributed by atoms with van der Waals surface area (Å²) in [5.74, 6) is -0.629. The van der Waals surface area contributed by atoms with E-state index in [9.17, 15) is 9.59 Å². The van der Waals surface area contributed by atoms with E-state index in [1.807, 2.05) is 42.5 Å². The standard InChI is InChI=1S/C19H16ClNO3S3/c1-24-18(23)16(26-14-9-7-13(20)8-10-14)15-17(22)21(19(25)27-15)11-12-5-3-2-4-6-12/h2-10,15-16H,11H2,1H3/t15-,16-/m0/s1. The Morgan fingerprint density at radius 3 is 2.56 bits per heavy atom. The Labute approximate surface area is 176 Å². The number of halogens is 1. The number of thioether (sulfide) groups is 2. The first-order valence-electron chi connectivity index (χ1n) is 8.05. The number of thiocarbonyl (C=S) groups is 1. The number of benzene rings is 2. The molecule has 0 unspecified atom stereocenters. The van der Waals surface area contributed by atoms with Gasteiger partial charge in [0.05, 0.1) is 13.7 Å². The number of hydrogen-bond donors (Lipinski definition) is 0. The van der Waals surface area contributed by atoms with Gasteiger partial charge in [-0.3, -0.25) is 14.5 Å². The van der Waals surface area contributed by atoms with Crippen LogP contribution in [0.5, 0.6) is 0 Å². The van der Waals surface area contributed by atoms with Crippen molar-refractivity contribution in [3.63, 3.8) is 0 Å². The van der Waals surface area contributed by atoms with Crippen molar-refractivity contribution in [2.24, 2.45) is 0 Å². The molecular formula is C19H16ClNO3S3. The van der Waals surface area contributed by atoms with Crippen molar-refractivity contribution in [1.82, 2.24) is 4.90 Å². The molecule has 2 aromatic rings. The first kappa shape index (κ1) is 20.2. The topological polar surface area (TPSA) is 46.6 Å². The van der Waals surface area contributed by atoms with Crippen LogP contribution in [0.15, 0.2) is 59.5 Å². The molecule has 0 saturated carbocycles. The van der Waals surface area contributed by atoms with Gasteiger partial charge in [0, 0.05) is 9.92 Å². The molecule has 1 aliphatic rings. The zero-order chi connectivity index (χ0) is 19.4. The van der Waals surface area contributed by atoms with E-state index >= 15 is 0 Å². The summed E-state index contributed by atoms with van der Waals surface area (Å²) < 4.78 is 5.42. The number of esters is 1. The first-order valence-corrected chi connectivity index (χ1v) is 10.6. The van der Waals surface area contributed by atoms with Crippen LogP contribution in [0.1, 0.15) is 5.56 Å². The number of carbonyl (C=O) groups excluding carboxylic acids is 2. The Balaban J connectivity index is 1.80. The lowest BCUT2D eigenvalue weighted by Crippen LogP contribution is -2.38. The predicted molar refractivity (Wildman–Crippen MR) is 114 cm³/mol. The molecule has 1 amide bonds. The fourth-order valence-electron chi connectivity index (χ4n) is 2.58. The third kappa shape index (κ3) is 4.85. The molecule has 3 rings (SSSR count). The average Bonchev–Trinajstić information content (AvgIpc) is 2.96. The van der Waals surface area contributed by atoms with E-state index in [0.29, 0.717) is 15.9 Å². The van der Waals surface area contributed by atoms with E-state index in [1.165, 1.54) is 30.6 Å². The minimum absolute atomic E-state index is 0.175. The van der Waals surface area contributed by atoms with E-state index in [0.717, 1.165) is 10.5 Å². The third-order valence-electron chi connectivity index (χ3n) is 3.93. The molecule has 0 aromatic heterocycles. The van der Waals surface area contributed by atoms with Crippen LogP contribution in [0.25, 0.3) is 0 Å². The van der Waals surface area contributed by atoms with Gasteiger partial charge in [-0.2, -0.15) is 0 Å². The van der Waals surface area contributed by atoms with Gasteiger partial charge in [-0.05, 0) is 29.8 Å². The van der Waals surface area contributed by atoms with Gasteiger partial charge in [0.25, 0.3) is 0 Å². The second-order valence-corrected chi connectivity index (χ2v) is 9.16. The maximum atomic E-state index is 13.0. The molecule has 0 N–H and O–H groups in total. The van der Waals surface area contributed by atoms with Crippen molar-refractivity contribution >= 4 is 63.5 Å². The van der Waals surface area contributed by atoms with Crippen LogP contribution in [0.2, 0.25) is 5.02 Å². The second-order valence-electron chi connectivity index (χ2n) is 5.73. The maximum Gasteiger partial charge on any atom is 0.320 e. The van der Waals surface area contributed by atoms with Gasteiger partial charge in [0.1, 0.15) is 14.8 Å². The molecule has 0 aliphatic carbocycles. The number of methoxy groups -OCH3 is 1. The van der Waals surface area contributed by atoms with Crippen molar-refractivity contribution in [3.8, 4) is 0 Å². The Hall–Kier alpha value is -1.54. The van der Waals surface area contributed by atoms with Crippen molar-refractivity contribution in [2.45, 2.75) is 21.9 Å². The highest BCUT2D eigenvalue weighted by Gasteiger charge is 2.45. The molecule has 2 aromatic carbocycles. The van der Waals surface area contributed by atoms with Crippen LogP contribution in [-0.2, 0) is 20.9 Å². The Morgan fingerprint density at radius 1 is 1.26 bits per heavy atom. The number of nitrogens with zero attached hydrogens (tertiary/aromatic N) is 1. The molecule has 2 atom stereocenters. The van der Waals surface area contributed by atoms with E-state index in [2.05, 4.69) is 0 Å². The summed E-state index contributed by atoms with van der Waals surface area (Å²) in [6, 6.07) is 16.7. The largest absolute Gasteiger partial charge is 0.468 e. The van der Waals surface area contributed by atoms with Crippen LogP contribution in [-0.4, -0.2) is 38.7 Å². The molecule has 1 aliphatic heterocycles. The summed E-state index contributed by atoms with van der Waals surface area (Å²) in [5.41, 5.74) is 0.981. The summed E-state index contributed by atoms with van der Waals surface area (Å²) in [6.07, 6.45) is 0.